The zero-order chi connectivity index (χ0) is 15.4. The summed E-state index contributed by atoms with van der Waals surface area (Å²) in [5, 5.41) is 6.07. The quantitative estimate of drug-likeness (QED) is 0.883. The Morgan fingerprint density at radius 1 is 1.24 bits per heavy atom. The number of amides is 1. The largest absolute Gasteiger partial charge is 0.326 e. The molecule has 0 unspecified atom stereocenters. The van der Waals surface area contributed by atoms with E-state index < -0.39 is 0 Å². The highest BCUT2D eigenvalue weighted by Crippen LogP contribution is 2.19. The topological polar surface area (TPSA) is 59.0 Å². The molecule has 0 saturated heterocycles. The number of nitrogens with zero attached hydrogens (tertiary/aromatic N) is 2. The molecule has 2 aromatic rings. The van der Waals surface area contributed by atoms with E-state index in [1.807, 2.05) is 37.4 Å². The Hall–Kier alpha value is -2.30. The molecule has 0 spiro atoms. The van der Waals surface area contributed by atoms with E-state index in [1.54, 1.807) is 0 Å². The number of carbonyl (C=O) groups is 1. The molecule has 0 saturated carbocycles. The van der Waals surface area contributed by atoms with Gasteiger partial charge in [0.05, 0.1) is 5.69 Å². The molecule has 0 atom stereocenters. The standard InChI is InChI=1S/C16H22N4O/c1-11(2)9-20-10-12(3)17-16(20)19-15-7-5-14(6-8-15)18-13(4)21/h5-8,10-11H,9H2,1-4H3,(H,17,19)(H,18,21). The van der Waals surface area contributed by atoms with Gasteiger partial charge in [-0.3, -0.25) is 4.79 Å². The van der Waals surface area contributed by atoms with Crippen molar-refractivity contribution < 1.29 is 4.79 Å². The van der Waals surface area contributed by atoms with Gasteiger partial charge in [-0.15, -0.1) is 0 Å². The van der Waals surface area contributed by atoms with Gasteiger partial charge >= 0.3 is 0 Å². The Kier molecular flexibility index (Phi) is 4.62. The van der Waals surface area contributed by atoms with E-state index in [2.05, 4.69) is 34.0 Å². The summed E-state index contributed by atoms with van der Waals surface area (Å²) in [6.07, 6.45) is 2.05. The van der Waals surface area contributed by atoms with Crippen LogP contribution in [-0.4, -0.2) is 15.5 Å². The van der Waals surface area contributed by atoms with Crippen LogP contribution in [0.4, 0.5) is 17.3 Å². The fraction of sp³-hybridized carbons (Fsp3) is 0.375. The molecule has 0 radical (unpaired) electrons. The number of nitrogens with one attached hydrogen (secondary N) is 2. The first-order chi connectivity index (χ1) is 9.94. The molecule has 0 bridgehead atoms. The van der Waals surface area contributed by atoms with Crippen molar-refractivity contribution >= 4 is 23.2 Å². The lowest BCUT2D eigenvalue weighted by Gasteiger charge is -2.12. The van der Waals surface area contributed by atoms with Gasteiger partial charge in [-0.25, -0.2) is 4.98 Å². The molecular formula is C16H22N4O. The number of hydrogen-bond acceptors (Lipinski definition) is 3. The van der Waals surface area contributed by atoms with Gasteiger partial charge in [-0.1, -0.05) is 13.8 Å². The van der Waals surface area contributed by atoms with E-state index in [0.717, 1.165) is 29.6 Å². The van der Waals surface area contributed by atoms with Gasteiger partial charge < -0.3 is 15.2 Å². The molecule has 5 nitrogen and oxygen atoms in total. The van der Waals surface area contributed by atoms with Crippen molar-refractivity contribution in [1.82, 2.24) is 9.55 Å². The highest BCUT2D eigenvalue weighted by molar-refractivity contribution is 5.88. The molecule has 0 fully saturated rings. The van der Waals surface area contributed by atoms with E-state index >= 15 is 0 Å². The summed E-state index contributed by atoms with van der Waals surface area (Å²) in [6.45, 7) is 8.77. The summed E-state index contributed by atoms with van der Waals surface area (Å²) >= 11 is 0. The maximum atomic E-state index is 11.0. The molecule has 1 aromatic carbocycles. The fourth-order valence-corrected chi connectivity index (χ4v) is 2.15. The number of benzene rings is 1. The molecule has 0 aliphatic heterocycles. The molecule has 112 valence electrons. The average Bonchev–Trinajstić information content (AvgIpc) is 2.70. The average molecular weight is 286 g/mol. The zero-order valence-electron chi connectivity index (χ0n) is 13.0. The number of hydrogen-bond donors (Lipinski definition) is 2. The highest BCUT2D eigenvalue weighted by Gasteiger charge is 2.07. The lowest BCUT2D eigenvalue weighted by atomic mass is 10.2. The monoisotopic (exact) mass is 286 g/mol. The predicted molar refractivity (Wildman–Crippen MR) is 85.8 cm³/mol. The second kappa shape index (κ2) is 6.43. The SMILES string of the molecule is CC(=O)Nc1ccc(Nc2nc(C)cn2CC(C)C)cc1. The first kappa shape index (κ1) is 15.1. The van der Waals surface area contributed by atoms with Crippen LogP contribution >= 0.6 is 0 Å². The molecule has 1 amide bonds. The Bertz CT molecular complexity index is 614. The van der Waals surface area contributed by atoms with Crippen LogP contribution in [0.5, 0.6) is 0 Å². The molecule has 1 aromatic heterocycles. The first-order valence-corrected chi connectivity index (χ1v) is 7.12. The summed E-state index contributed by atoms with van der Waals surface area (Å²) in [5.74, 6) is 1.33. The van der Waals surface area contributed by atoms with E-state index in [1.165, 1.54) is 6.92 Å². The van der Waals surface area contributed by atoms with Crippen LogP contribution in [0.15, 0.2) is 30.5 Å². The van der Waals surface area contributed by atoms with Gasteiger partial charge in [-0.2, -0.15) is 0 Å². The number of aromatic nitrogens is 2. The van der Waals surface area contributed by atoms with Crippen molar-refractivity contribution in [2.45, 2.75) is 34.2 Å². The van der Waals surface area contributed by atoms with Gasteiger partial charge in [-0.05, 0) is 37.1 Å². The Morgan fingerprint density at radius 2 is 1.86 bits per heavy atom. The van der Waals surface area contributed by atoms with Crippen LogP contribution in [0, 0.1) is 12.8 Å². The van der Waals surface area contributed by atoms with Crippen molar-refractivity contribution in [3.8, 4) is 0 Å². The third-order valence-corrected chi connectivity index (χ3v) is 2.92. The maximum Gasteiger partial charge on any atom is 0.221 e. The van der Waals surface area contributed by atoms with Gasteiger partial charge in [0.1, 0.15) is 0 Å². The van der Waals surface area contributed by atoms with Crippen molar-refractivity contribution in [2.75, 3.05) is 10.6 Å². The van der Waals surface area contributed by atoms with E-state index in [9.17, 15) is 4.79 Å². The van der Waals surface area contributed by atoms with Crippen molar-refractivity contribution in [3.63, 3.8) is 0 Å². The van der Waals surface area contributed by atoms with Crippen LogP contribution in [0.2, 0.25) is 0 Å². The van der Waals surface area contributed by atoms with Gasteiger partial charge in [0.2, 0.25) is 11.9 Å². The smallest absolute Gasteiger partial charge is 0.221 e. The van der Waals surface area contributed by atoms with Crippen molar-refractivity contribution in [3.05, 3.63) is 36.2 Å². The molecule has 5 heteroatoms. The van der Waals surface area contributed by atoms with Crippen LogP contribution in [0.1, 0.15) is 26.5 Å². The number of anilines is 3. The third-order valence-electron chi connectivity index (χ3n) is 2.92. The summed E-state index contributed by atoms with van der Waals surface area (Å²) < 4.78 is 2.13. The Labute approximate surface area is 125 Å². The van der Waals surface area contributed by atoms with Gasteiger partial charge in [0.25, 0.3) is 0 Å². The Morgan fingerprint density at radius 3 is 2.43 bits per heavy atom. The maximum absolute atomic E-state index is 11.0. The van der Waals surface area contributed by atoms with E-state index in [-0.39, 0.29) is 5.91 Å². The van der Waals surface area contributed by atoms with Crippen LogP contribution < -0.4 is 10.6 Å². The van der Waals surface area contributed by atoms with E-state index in [0.29, 0.717) is 5.92 Å². The van der Waals surface area contributed by atoms with Gasteiger partial charge in [0.15, 0.2) is 0 Å². The van der Waals surface area contributed by atoms with Crippen LogP contribution in [0.25, 0.3) is 0 Å². The number of carbonyl (C=O) groups excluding carboxylic acids is 1. The first-order valence-electron chi connectivity index (χ1n) is 7.12. The summed E-state index contributed by atoms with van der Waals surface area (Å²) in [6, 6.07) is 7.59. The second-order valence-corrected chi connectivity index (χ2v) is 5.64. The van der Waals surface area contributed by atoms with Gasteiger partial charge in [0, 0.05) is 31.0 Å². The molecule has 21 heavy (non-hydrogen) atoms. The third kappa shape index (κ3) is 4.34. The van der Waals surface area contributed by atoms with Crippen LogP contribution in [0.3, 0.4) is 0 Å². The molecule has 2 rings (SSSR count). The summed E-state index contributed by atoms with van der Waals surface area (Å²) in [4.78, 5) is 15.5. The Balaban J connectivity index is 2.12. The second-order valence-electron chi connectivity index (χ2n) is 5.64. The molecule has 0 aliphatic carbocycles. The lowest BCUT2D eigenvalue weighted by Crippen LogP contribution is -2.08. The lowest BCUT2D eigenvalue weighted by molar-refractivity contribution is -0.114. The van der Waals surface area contributed by atoms with Crippen LogP contribution in [-0.2, 0) is 11.3 Å². The van der Waals surface area contributed by atoms with E-state index in [4.69, 9.17) is 0 Å². The number of imidazole rings is 1. The molecule has 2 N–H and O–H groups in total. The molecule has 0 aliphatic rings. The normalized spacial score (nSPS) is 10.7. The minimum Gasteiger partial charge on any atom is -0.326 e. The number of rotatable bonds is 5. The van der Waals surface area contributed by atoms with Crippen molar-refractivity contribution in [2.24, 2.45) is 5.92 Å². The summed E-state index contributed by atoms with van der Waals surface area (Å²) in [5.41, 5.74) is 2.72. The fourth-order valence-electron chi connectivity index (χ4n) is 2.15. The van der Waals surface area contributed by atoms with Crippen molar-refractivity contribution in [1.29, 1.82) is 0 Å². The summed E-state index contributed by atoms with van der Waals surface area (Å²) in [7, 11) is 0. The molecule has 1 heterocycles. The number of aryl methyl sites for hydroxylation is 1. The predicted octanol–water partition coefficient (Wildman–Crippen LogP) is 3.55. The highest BCUT2D eigenvalue weighted by atomic mass is 16.1. The minimum absolute atomic E-state index is 0.0705. The zero-order valence-corrected chi connectivity index (χ0v) is 13.0. The molecular weight excluding hydrogens is 264 g/mol. The minimum atomic E-state index is -0.0705.